The van der Waals surface area contributed by atoms with Crippen molar-refractivity contribution in [2.24, 2.45) is 0 Å². The van der Waals surface area contributed by atoms with Gasteiger partial charge in [-0.3, -0.25) is 4.98 Å². The summed E-state index contributed by atoms with van der Waals surface area (Å²) < 4.78 is 4.91. The Morgan fingerprint density at radius 1 is 1.56 bits per heavy atom. The van der Waals surface area contributed by atoms with E-state index in [1.165, 1.54) is 6.26 Å². The van der Waals surface area contributed by atoms with Gasteiger partial charge in [-0.2, -0.15) is 0 Å². The molecule has 18 heavy (non-hydrogen) atoms. The molecule has 0 aromatic carbocycles. The van der Waals surface area contributed by atoms with Crippen LogP contribution in [-0.2, 0) is 6.54 Å². The lowest BCUT2D eigenvalue weighted by Gasteiger charge is -2.13. The molecule has 0 spiro atoms. The molecule has 2 aromatic heterocycles. The number of carboxylic acid groups (broad SMARTS) is 1. The van der Waals surface area contributed by atoms with Crippen molar-refractivity contribution in [3.8, 4) is 0 Å². The standard InChI is InChI=1S/C13H14N2O3/c1-9(10-3-2-5-14-7-10)15-8-11-4-6-18-12(11)13(16)17/h2-7,9,15H,8H2,1H3,(H,16,17)/t9-/m1/s1. The zero-order valence-electron chi connectivity index (χ0n) is 9.96. The van der Waals surface area contributed by atoms with E-state index in [0.29, 0.717) is 12.1 Å². The monoisotopic (exact) mass is 246 g/mol. The second-order valence-electron chi connectivity index (χ2n) is 3.97. The van der Waals surface area contributed by atoms with Crippen LogP contribution in [0.25, 0.3) is 0 Å². The Balaban J connectivity index is 1.99. The van der Waals surface area contributed by atoms with Crippen molar-refractivity contribution in [2.75, 3.05) is 0 Å². The van der Waals surface area contributed by atoms with Crippen LogP contribution in [-0.4, -0.2) is 16.1 Å². The lowest BCUT2D eigenvalue weighted by molar-refractivity contribution is 0.0660. The van der Waals surface area contributed by atoms with Gasteiger partial charge in [-0.15, -0.1) is 0 Å². The van der Waals surface area contributed by atoms with Crippen LogP contribution in [0.15, 0.2) is 41.3 Å². The molecule has 2 heterocycles. The quantitative estimate of drug-likeness (QED) is 0.846. The molecule has 0 amide bonds. The molecule has 0 aliphatic rings. The van der Waals surface area contributed by atoms with Crippen LogP contribution in [0.4, 0.5) is 0 Å². The lowest BCUT2D eigenvalue weighted by atomic mass is 10.1. The van der Waals surface area contributed by atoms with Crippen molar-refractivity contribution in [3.05, 3.63) is 53.7 Å². The predicted molar refractivity (Wildman–Crippen MR) is 65.2 cm³/mol. The molecule has 2 rings (SSSR count). The van der Waals surface area contributed by atoms with E-state index in [1.807, 2.05) is 19.1 Å². The summed E-state index contributed by atoms with van der Waals surface area (Å²) >= 11 is 0. The zero-order valence-corrected chi connectivity index (χ0v) is 9.96. The largest absolute Gasteiger partial charge is 0.475 e. The number of hydrogen-bond acceptors (Lipinski definition) is 4. The maximum absolute atomic E-state index is 10.9. The van der Waals surface area contributed by atoms with Gasteiger partial charge in [0.2, 0.25) is 5.76 Å². The first-order chi connectivity index (χ1) is 8.68. The Morgan fingerprint density at radius 2 is 2.39 bits per heavy atom. The predicted octanol–water partition coefficient (Wildman–Crippen LogP) is 2.22. The number of hydrogen-bond donors (Lipinski definition) is 2. The van der Waals surface area contributed by atoms with E-state index in [0.717, 1.165) is 5.56 Å². The van der Waals surface area contributed by atoms with E-state index in [2.05, 4.69) is 10.3 Å². The minimum absolute atomic E-state index is 0.0131. The molecule has 1 atom stereocenters. The Labute approximate surface area is 104 Å². The molecule has 2 N–H and O–H groups in total. The fraction of sp³-hybridized carbons (Fsp3) is 0.231. The highest BCUT2D eigenvalue weighted by Gasteiger charge is 2.14. The molecule has 2 aromatic rings. The van der Waals surface area contributed by atoms with Crippen LogP contribution < -0.4 is 5.32 Å². The highest BCUT2D eigenvalue weighted by Crippen LogP contribution is 2.14. The molecule has 0 saturated carbocycles. The van der Waals surface area contributed by atoms with E-state index in [9.17, 15) is 4.79 Å². The summed E-state index contributed by atoms with van der Waals surface area (Å²) in [6.45, 7) is 2.44. The van der Waals surface area contributed by atoms with Gasteiger partial charge in [-0.1, -0.05) is 6.07 Å². The highest BCUT2D eigenvalue weighted by molar-refractivity contribution is 5.86. The third-order valence-electron chi connectivity index (χ3n) is 2.72. The molecule has 0 saturated heterocycles. The van der Waals surface area contributed by atoms with Gasteiger partial charge in [0.15, 0.2) is 0 Å². The van der Waals surface area contributed by atoms with Crippen molar-refractivity contribution in [1.29, 1.82) is 0 Å². The lowest BCUT2D eigenvalue weighted by Crippen LogP contribution is -2.19. The molecule has 0 aliphatic heterocycles. The van der Waals surface area contributed by atoms with Crippen molar-refractivity contribution in [3.63, 3.8) is 0 Å². The first-order valence-corrected chi connectivity index (χ1v) is 5.61. The third-order valence-corrected chi connectivity index (χ3v) is 2.72. The van der Waals surface area contributed by atoms with Crippen LogP contribution >= 0.6 is 0 Å². The van der Waals surface area contributed by atoms with E-state index >= 15 is 0 Å². The molecule has 0 radical (unpaired) electrons. The number of nitrogens with zero attached hydrogens (tertiary/aromatic N) is 1. The van der Waals surface area contributed by atoms with E-state index in [4.69, 9.17) is 9.52 Å². The topological polar surface area (TPSA) is 75.4 Å². The van der Waals surface area contributed by atoms with Gasteiger partial charge in [0.05, 0.1) is 6.26 Å². The molecule has 0 aliphatic carbocycles. The van der Waals surface area contributed by atoms with Gasteiger partial charge in [0, 0.05) is 30.5 Å². The first kappa shape index (κ1) is 12.3. The average Bonchev–Trinajstić information content (AvgIpc) is 2.85. The van der Waals surface area contributed by atoms with Crippen LogP contribution in [0.5, 0.6) is 0 Å². The second-order valence-corrected chi connectivity index (χ2v) is 3.97. The van der Waals surface area contributed by atoms with Gasteiger partial charge in [0.25, 0.3) is 0 Å². The van der Waals surface area contributed by atoms with Gasteiger partial charge in [-0.05, 0) is 24.6 Å². The minimum atomic E-state index is -1.05. The molecule has 94 valence electrons. The number of aromatic nitrogens is 1. The Hall–Kier alpha value is -2.14. The summed E-state index contributed by atoms with van der Waals surface area (Å²) in [6, 6.07) is 5.59. The number of nitrogens with one attached hydrogen (secondary N) is 1. The summed E-state index contributed by atoms with van der Waals surface area (Å²) in [5, 5.41) is 12.1. The van der Waals surface area contributed by atoms with E-state index in [-0.39, 0.29) is 11.8 Å². The summed E-state index contributed by atoms with van der Waals surface area (Å²) in [5.74, 6) is -1.06. The van der Waals surface area contributed by atoms with Crippen molar-refractivity contribution in [1.82, 2.24) is 10.3 Å². The van der Waals surface area contributed by atoms with Crippen molar-refractivity contribution in [2.45, 2.75) is 19.5 Å². The number of furan rings is 1. The summed E-state index contributed by atoms with van der Waals surface area (Å²) in [5.41, 5.74) is 1.69. The number of pyridine rings is 1. The average molecular weight is 246 g/mol. The molecule has 5 heteroatoms. The van der Waals surface area contributed by atoms with Gasteiger partial charge in [0.1, 0.15) is 0 Å². The fourth-order valence-electron chi connectivity index (χ4n) is 1.68. The van der Waals surface area contributed by atoms with E-state index in [1.54, 1.807) is 18.5 Å². The van der Waals surface area contributed by atoms with Gasteiger partial charge in [-0.25, -0.2) is 4.79 Å². The molecule has 0 bridgehead atoms. The zero-order chi connectivity index (χ0) is 13.0. The van der Waals surface area contributed by atoms with Crippen LogP contribution in [0, 0.1) is 0 Å². The summed E-state index contributed by atoms with van der Waals surface area (Å²) in [4.78, 5) is 14.9. The third kappa shape index (κ3) is 2.75. The Morgan fingerprint density at radius 3 is 3.06 bits per heavy atom. The Bertz CT molecular complexity index is 522. The minimum Gasteiger partial charge on any atom is -0.475 e. The second kappa shape index (κ2) is 5.46. The molecule has 0 unspecified atom stereocenters. The SMILES string of the molecule is C[C@@H](NCc1ccoc1C(=O)O)c1cccnc1. The molecular weight excluding hydrogens is 232 g/mol. The first-order valence-electron chi connectivity index (χ1n) is 5.61. The van der Waals surface area contributed by atoms with E-state index < -0.39 is 5.97 Å². The Kier molecular flexibility index (Phi) is 3.74. The number of carbonyl (C=O) groups is 1. The molecular formula is C13H14N2O3. The van der Waals surface area contributed by atoms with Gasteiger partial charge >= 0.3 is 5.97 Å². The highest BCUT2D eigenvalue weighted by atomic mass is 16.4. The van der Waals surface area contributed by atoms with Crippen molar-refractivity contribution >= 4 is 5.97 Å². The normalized spacial score (nSPS) is 12.3. The number of rotatable bonds is 5. The van der Waals surface area contributed by atoms with Crippen molar-refractivity contribution < 1.29 is 14.3 Å². The number of aromatic carboxylic acids is 1. The van der Waals surface area contributed by atoms with Gasteiger partial charge < -0.3 is 14.8 Å². The molecule has 5 nitrogen and oxygen atoms in total. The summed E-state index contributed by atoms with van der Waals surface area (Å²) in [7, 11) is 0. The summed E-state index contributed by atoms with van der Waals surface area (Å²) in [6.07, 6.45) is 4.88. The van der Waals surface area contributed by atoms with Crippen LogP contribution in [0.3, 0.4) is 0 Å². The smallest absolute Gasteiger partial charge is 0.372 e. The fourth-order valence-corrected chi connectivity index (χ4v) is 1.68. The number of carboxylic acids is 1. The maximum Gasteiger partial charge on any atom is 0.372 e. The van der Waals surface area contributed by atoms with Crippen LogP contribution in [0.1, 0.15) is 34.6 Å². The molecule has 0 fully saturated rings. The maximum atomic E-state index is 10.9. The van der Waals surface area contributed by atoms with Crippen LogP contribution in [0.2, 0.25) is 0 Å².